The summed E-state index contributed by atoms with van der Waals surface area (Å²) in [5.74, 6) is -5.15. The van der Waals surface area contributed by atoms with E-state index in [-0.39, 0.29) is 29.9 Å². The highest BCUT2D eigenvalue weighted by Gasteiger charge is 2.56. The van der Waals surface area contributed by atoms with Gasteiger partial charge in [-0.3, -0.25) is 14.4 Å². The number of rotatable bonds is 10. The summed E-state index contributed by atoms with van der Waals surface area (Å²) in [6, 6.07) is 3.56. The molecule has 1 saturated carbocycles. The molecule has 5 rings (SSSR count). The van der Waals surface area contributed by atoms with Crippen molar-refractivity contribution in [3.63, 3.8) is 0 Å². The lowest BCUT2D eigenvalue weighted by atomic mass is 9.79. The Morgan fingerprint density at radius 1 is 0.915 bits per heavy atom. The van der Waals surface area contributed by atoms with E-state index < -0.39 is 97.3 Å². The Morgan fingerprint density at radius 2 is 1.60 bits per heavy atom. The van der Waals surface area contributed by atoms with Crippen LogP contribution in [-0.2, 0) is 44.7 Å². The van der Waals surface area contributed by atoms with Crippen molar-refractivity contribution in [3.8, 4) is 11.5 Å². The molecule has 4 aliphatic rings. The molecule has 0 unspecified atom stereocenters. The van der Waals surface area contributed by atoms with Crippen LogP contribution < -0.4 is 4.74 Å². The molecule has 256 valence electrons. The van der Waals surface area contributed by atoms with E-state index in [0.29, 0.717) is 25.7 Å². The molecule has 0 bridgehead atoms. The molecule has 0 radical (unpaired) electrons. The zero-order valence-electron chi connectivity index (χ0n) is 25.3. The number of ether oxygens (including phenoxy) is 5. The number of Topliss-reactive ketones (excluding diaryl/α,β-unsaturated/α-hetero) is 1. The molecule has 15 heteroatoms. The molecule has 6 N–H and O–H groups in total. The summed E-state index contributed by atoms with van der Waals surface area (Å²) in [6.45, 7) is -1.20. The van der Waals surface area contributed by atoms with Gasteiger partial charge >= 0.3 is 17.9 Å². The molecule has 1 aromatic carbocycles. The Bertz CT molecular complexity index is 1400. The molecule has 0 amide bonds. The number of phenolic OH excluding ortho intramolecular Hbond substituents is 1. The number of hydrogen-bond donors (Lipinski definition) is 6. The van der Waals surface area contributed by atoms with Gasteiger partial charge in [-0.15, -0.1) is 0 Å². The molecule has 2 fully saturated rings. The average Bonchev–Trinajstić information content (AvgIpc) is 3.80. The number of hydrogen-bond acceptors (Lipinski definition) is 15. The number of aromatic hydroxyl groups is 1. The number of phenols is 1. The molecule has 1 aliphatic heterocycles. The van der Waals surface area contributed by atoms with Gasteiger partial charge in [0.2, 0.25) is 11.9 Å². The normalized spacial score (nSPS) is 35.0. The summed E-state index contributed by atoms with van der Waals surface area (Å²) in [6.07, 6.45) is -3.18. The quantitative estimate of drug-likeness (QED) is 0.105. The average molecular weight is 663 g/mol. The first-order valence-electron chi connectivity index (χ1n) is 15.4. The Balaban J connectivity index is 1.35. The highest BCUT2D eigenvalue weighted by Crippen LogP contribution is 2.34. The third kappa shape index (κ3) is 7.35. The molecule has 1 saturated heterocycles. The van der Waals surface area contributed by atoms with Gasteiger partial charge in [0.05, 0.1) is 17.9 Å². The van der Waals surface area contributed by atoms with Crippen molar-refractivity contribution >= 4 is 23.7 Å². The first-order valence-corrected chi connectivity index (χ1v) is 15.4. The number of carbonyl (C=O) groups excluding carboxylic acids is 4. The van der Waals surface area contributed by atoms with Crippen LogP contribution in [0.15, 0.2) is 42.5 Å². The predicted octanol–water partition coefficient (Wildman–Crippen LogP) is -0.536. The molecular weight excluding hydrogens is 624 g/mol. The predicted molar refractivity (Wildman–Crippen MR) is 155 cm³/mol. The fraction of sp³-hybridized carbons (Fsp3) is 0.562. The van der Waals surface area contributed by atoms with Crippen molar-refractivity contribution < 1.29 is 73.5 Å². The van der Waals surface area contributed by atoms with Gasteiger partial charge in [0.15, 0.2) is 18.0 Å². The highest BCUT2D eigenvalue weighted by molar-refractivity contribution is 5.94. The van der Waals surface area contributed by atoms with Crippen molar-refractivity contribution in [2.24, 2.45) is 11.8 Å². The molecule has 1 heterocycles. The lowest BCUT2D eigenvalue weighted by molar-refractivity contribution is -0.284. The van der Waals surface area contributed by atoms with E-state index in [4.69, 9.17) is 23.7 Å². The van der Waals surface area contributed by atoms with Gasteiger partial charge < -0.3 is 54.3 Å². The van der Waals surface area contributed by atoms with Crippen LogP contribution in [0.25, 0.3) is 0 Å². The minimum atomic E-state index is -2.94. The summed E-state index contributed by atoms with van der Waals surface area (Å²) in [5, 5.41) is 63.2. The van der Waals surface area contributed by atoms with Crippen LogP contribution in [0.2, 0.25) is 0 Å². The summed E-state index contributed by atoms with van der Waals surface area (Å²) < 4.78 is 27.9. The Morgan fingerprint density at radius 3 is 2.26 bits per heavy atom. The van der Waals surface area contributed by atoms with E-state index in [9.17, 15) is 49.8 Å². The van der Waals surface area contributed by atoms with Gasteiger partial charge in [0.1, 0.15) is 43.0 Å². The van der Waals surface area contributed by atoms with Crippen LogP contribution in [0.1, 0.15) is 44.1 Å². The summed E-state index contributed by atoms with van der Waals surface area (Å²) in [4.78, 5) is 50.2. The van der Waals surface area contributed by atoms with Crippen LogP contribution in [0.5, 0.6) is 11.5 Å². The van der Waals surface area contributed by atoms with Crippen LogP contribution in [-0.4, -0.2) is 109 Å². The number of aliphatic hydroxyl groups is 5. The van der Waals surface area contributed by atoms with Gasteiger partial charge in [0, 0.05) is 12.0 Å². The van der Waals surface area contributed by atoms with Gasteiger partial charge in [-0.05, 0) is 50.3 Å². The molecule has 47 heavy (non-hydrogen) atoms. The van der Waals surface area contributed by atoms with Crippen LogP contribution >= 0.6 is 0 Å². The second-order valence-electron chi connectivity index (χ2n) is 12.0. The van der Waals surface area contributed by atoms with Crippen LogP contribution in [0, 0.1) is 11.8 Å². The number of allylic oxidation sites excluding steroid dienone is 2. The maximum absolute atomic E-state index is 12.9. The number of carbonyl (C=O) groups is 4. The fourth-order valence-electron chi connectivity index (χ4n) is 5.90. The monoisotopic (exact) mass is 662 g/mol. The summed E-state index contributed by atoms with van der Waals surface area (Å²) >= 11 is 0. The van der Waals surface area contributed by atoms with Crippen molar-refractivity contribution in [2.45, 2.75) is 93.6 Å². The van der Waals surface area contributed by atoms with Crippen molar-refractivity contribution in [1.82, 2.24) is 0 Å². The molecular formula is C32H38O15. The van der Waals surface area contributed by atoms with E-state index in [2.05, 4.69) is 0 Å². The molecule has 1 aromatic rings. The van der Waals surface area contributed by atoms with Crippen LogP contribution in [0.4, 0.5) is 0 Å². The van der Waals surface area contributed by atoms with E-state index in [0.717, 1.165) is 6.07 Å². The fourth-order valence-corrected chi connectivity index (χ4v) is 5.90. The molecule has 0 spiro atoms. The van der Waals surface area contributed by atoms with Crippen molar-refractivity contribution in [2.75, 3.05) is 6.61 Å². The minimum absolute atomic E-state index is 0.0444. The third-order valence-electron chi connectivity index (χ3n) is 8.78. The van der Waals surface area contributed by atoms with E-state index >= 15 is 0 Å². The standard InChI is InChI=1S/C32H38O15/c33-19-9-11-21(18(13-19)14-44-31(41)32(42)23(35)12-10-20(34)27(32)38)45-30-26(47-29(40)17-7-3-4-8-17)25(37)24(36)22(46-30)15-43-28(39)16-5-1-2-6-16/h1,3,5,7,9,11,13,16-17,22-27,30,33,35-38,42H,2,4,6,8,10,12,14-15H2/t16-,17-,22+,23-,24-,25-,26-,27+,30-,32+/m1/s1. The van der Waals surface area contributed by atoms with Crippen molar-refractivity contribution in [1.29, 1.82) is 0 Å². The summed E-state index contributed by atoms with van der Waals surface area (Å²) in [5.41, 5.74) is -2.98. The Hall–Kier alpha value is -3.86. The second kappa shape index (κ2) is 14.5. The molecule has 0 aromatic heterocycles. The lowest BCUT2D eigenvalue weighted by Gasteiger charge is -2.42. The van der Waals surface area contributed by atoms with E-state index in [1.165, 1.54) is 12.1 Å². The zero-order chi connectivity index (χ0) is 33.9. The first kappa shape index (κ1) is 34.5. The van der Waals surface area contributed by atoms with Gasteiger partial charge in [-0.1, -0.05) is 24.3 Å². The smallest absolute Gasteiger partial charge is 0.344 e. The third-order valence-corrected chi connectivity index (χ3v) is 8.78. The highest BCUT2D eigenvalue weighted by atomic mass is 16.7. The number of ketones is 1. The molecule has 15 nitrogen and oxygen atoms in total. The number of benzene rings is 1. The minimum Gasteiger partial charge on any atom is -0.508 e. The SMILES string of the molecule is O=C(OC[C@@H]1O[C@@H](Oc2ccc(O)cc2COC(=O)[C@]2(O)[C@H](O)CCC(=O)[C@@H]2O)[C@H](OC(=O)[C@@H]2C=CCC2)[C@H](O)[C@@H]1O)[C@@H]1C=CCC1. The maximum Gasteiger partial charge on any atom is 0.344 e. The summed E-state index contributed by atoms with van der Waals surface area (Å²) in [7, 11) is 0. The maximum atomic E-state index is 12.9. The molecule has 10 atom stereocenters. The lowest BCUT2D eigenvalue weighted by Crippen LogP contribution is -2.64. The second-order valence-corrected chi connectivity index (χ2v) is 12.0. The van der Waals surface area contributed by atoms with Gasteiger partial charge in [0.25, 0.3) is 0 Å². The number of aliphatic hydroxyl groups excluding tert-OH is 4. The molecule has 3 aliphatic carbocycles. The first-order chi connectivity index (χ1) is 22.4. The topological polar surface area (TPSA) is 236 Å². The van der Waals surface area contributed by atoms with Gasteiger partial charge in [-0.2, -0.15) is 0 Å². The van der Waals surface area contributed by atoms with Gasteiger partial charge in [-0.25, -0.2) is 4.79 Å². The number of esters is 3. The van der Waals surface area contributed by atoms with Crippen molar-refractivity contribution in [3.05, 3.63) is 48.1 Å². The van der Waals surface area contributed by atoms with Crippen LogP contribution in [0.3, 0.4) is 0 Å². The largest absolute Gasteiger partial charge is 0.508 e. The van der Waals surface area contributed by atoms with E-state index in [1.54, 1.807) is 18.2 Å². The Labute approximate surface area is 268 Å². The Kier molecular flexibility index (Phi) is 10.6. The van der Waals surface area contributed by atoms with E-state index in [1.807, 2.05) is 6.08 Å². The zero-order valence-corrected chi connectivity index (χ0v) is 25.3.